The Morgan fingerprint density at radius 2 is 0.778 bits per heavy atom. The highest BCUT2D eigenvalue weighted by molar-refractivity contribution is 6.74. The predicted octanol–water partition coefficient (Wildman–Crippen LogP) is 12.5. The number of rotatable bonds is 29. The summed E-state index contributed by atoms with van der Waals surface area (Å²) in [6.07, 6.45) is 22.7. The summed E-state index contributed by atoms with van der Waals surface area (Å²) in [5.41, 5.74) is -0.464. The Hall–Kier alpha value is 0.274. The summed E-state index contributed by atoms with van der Waals surface area (Å²) in [5, 5.41) is 12.4. The van der Waals surface area contributed by atoms with Crippen molar-refractivity contribution in [3.05, 3.63) is 0 Å². The topological polar surface area (TPSA) is 41.9 Å². The maximum atomic E-state index is 11.8. The Bertz CT molecular complexity index is 649. The average molecular weight is 672 g/mol. The van der Waals surface area contributed by atoms with Crippen LogP contribution in [0, 0.1) is 0 Å². The minimum atomic E-state index is -1.61. The van der Waals surface area contributed by atoms with E-state index in [1.54, 1.807) is 0 Å². The van der Waals surface area contributed by atoms with Crippen LogP contribution in [0.25, 0.3) is 0 Å². The second kappa shape index (κ2) is 23.6. The normalized spacial score (nSPS) is 13.7. The van der Waals surface area contributed by atoms with E-state index >= 15 is 0 Å². The Morgan fingerprint density at radius 1 is 0.467 bits per heavy atom. The monoisotopic (exact) mass is 672 g/mol. The Morgan fingerprint density at radius 3 is 1.11 bits per heavy atom. The third kappa shape index (κ3) is 21.8. The van der Waals surface area contributed by atoms with Crippen molar-refractivity contribution in [1.29, 1.82) is 0 Å². The molecule has 272 valence electrons. The molecule has 0 radical (unpaired) electrons. The second-order valence-corrected chi connectivity index (χ2v) is 27.1. The summed E-state index contributed by atoms with van der Waals surface area (Å²) in [6, 6.07) is 0. The molecule has 0 spiro atoms. The zero-order valence-corrected chi connectivity index (χ0v) is 35.2. The molecule has 0 saturated carbocycles. The van der Waals surface area contributed by atoms with E-state index in [0.29, 0.717) is 10.1 Å². The quantitative estimate of drug-likeness (QED) is 0.0635. The van der Waals surface area contributed by atoms with E-state index in [1.807, 2.05) is 0 Å². The van der Waals surface area contributed by atoms with Gasteiger partial charge in [0.1, 0.15) is 0 Å². The lowest BCUT2D eigenvalue weighted by molar-refractivity contribution is 0.00662. The van der Waals surface area contributed by atoms with Gasteiger partial charge in [0.2, 0.25) is 0 Å². The fourth-order valence-electron chi connectivity index (χ4n) is 5.75. The molecular weight excluding hydrogens is 587 g/mol. The molecule has 0 fully saturated rings. The number of nitrogens with zero attached hydrogens (tertiary/aromatic N) is 1. The van der Waals surface area contributed by atoms with Crippen LogP contribution in [-0.2, 0) is 8.85 Å². The first-order valence-electron chi connectivity index (χ1n) is 19.6. The van der Waals surface area contributed by atoms with Crippen molar-refractivity contribution in [2.75, 3.05) is 32.8 Å². The summed E-state index contributed by atoms with van der Waals surface area (Å²) < 4.78 is 12.7. The van der Waals surface area contributed by atoms with Crippen molar-refractivity contribution in [1.82, 2.24) is 4.90 Å². The molecular formula is C39H85NO3Si2. The van der Waals surface area contributed by atoms with Gasteiger partial charge in [-0.15, -0.1) is 0 Å². The van der Waals surface area contributed by atoms with Gasteiger partial charge in [-0.2, -0.15) is 0 Å². The molecule has 0 saturated heterocycles. The van der Waals surface area contributed by atoms with Crippen LogP contribution in [0.5, 0.6) is 0 Å². The molecule has 0 atom stereocenters. The van der Waals surface area contributed by atoms with Crippen LogP contribution in [0.15, 0.2) is 0 Å². The van der Waals surface area contributed by atoms with Gasteiger partial charge in [0.25, 0.3) is 0 Å². The third-order valence-corrected chi connectivity index (χ3v) is 20.1. The molecule has 0 unspecified atom stereocenters. The lowest BCUT2D eigenvalue weighted by atomic mass is 9.85. The molecule has 0 heterocycles. The minimum Gasteiger partial charge on any atom is -0.417 e. The van der Waals surface area contributed by atoms with Crippen molar-refractivity contribution in [2.24, 2.45) is 0 Å². The Kier molecular flexibility index (Phi) is 23.7. The lowest BCUT2D eigenvalue weighted by Gasteiger charge is -2.36. The highest BCUT2D eigenvalue weighted by atomic mass is 28.4. The molecule has 0 amide bonds. The third-order valence-electron chi connectivity index (χ3n) is 11.1. The average Bonchev–Trinajstić information content (AvgIpc) is 2.92. The zero-order valence-electron chi connectivity index (χ0n) is 33.2. The minimum absolute atomic E-state index is 0.300. The van der Waals surface area contributed by atoms with Gasteiger partial charge >= 0.3 is 0 Å². The molecule has 0 rings (SSSR count). The van der Waals surface area contributed by atoms with E-state index in [-0.39, 0.29) is 0 Å². The molecule has 0 aromatic carbocycles. The van der Waals surface area contributed by atoms with Crippen molar-refractivity contribution in [3.8, 4) is 0 Å². The number of hydrogen-bond donors (Lipinski definition) is 1. The molecule has 4 nitrogen and oxygen atoms in total. The van der Waals surface area contributed by atoms with Crippen molar-refractivity contribution >= 4 is 16.6 Å². The summed E-state index contributed by atoms with van der Waals surface area (Å²) in [5.74, 6) is 0. The van der Waals surface area contributed by atoms with Crippen molar-refractivity contribution < 1.29 is 14.0 Å². The molecule has 0 aliphatic rings. The standard InChI is InChI=1S/C39H85NO3Si2/c1-13-32-40(33-14-2)34-26-25-31-39(41,29-23-19-15-17-21-27-35-42-44(9,10)37(3,4)5)30-24-20-16-18-22-28-36-43-45(11,12)38(6,7)8/h41H,13-36H2,1-12H3. The second-order valence-electron chi connectivity index (χ2n) is 17.5. The molecule has 0 bridgehead atoms. The van der Waals surface area contributed by atoms with E-state index in [9.17, 15) is 5.11 Å². The van der Waals surface area contributed by atoms with Gasteiger partial charge in [0, 0.05) is 13.2 Å². The van der Waals surface area contributed by atoms with E-state index in [2.05, 4.69) is 86.5 Å². The maximum Gasteiger partial charge on any atom is 0.191 e. The highest BCUT2D eigenvalue weighted by Gasteiger charge is 2.37. The molecule has 0 aliphatic heterocycles. The SMILES string of the molecule is CCCN(CCC)CCCCC(O)(CCCCCCCCO[Si](C)(C)C(C)(C)C)CCCCCCCCO[Si](C)(C)C(C)(C)C. The van der Waals surface area contributed by atoms with Crippen LogP contribution in [0.3, 0.4) is 0 Å². The van der Waals surface area contributed by atoms with E-state index in [0.717, 1.165) is 38.9 Å². The van der Waals surface area contributed by atoms with Gasteiger partial charge in [0.05, 0.1) is 5.60 Å². The largest absolute Gasteiger partial charge is 0.417 e. The van der Waals surface area contributed by atoms with Crippen LogP contribution in [0.1, 0.15) is 177 Å². The van der Waals surface area contributed by atoms with E-state index in [1.165, 1.54) is 116 Å². The fourth-order valence-corrected chi connectivity index (χ4v) is 7.92. The molecule has 1 N–H and O–H groups in total. The number of aliphatic hydroxyl groups is 1. The summed E-state index contributed by atoms with van der Waals surface area (Å²) in [7, 11) is -3.21. The molecule has 0 aliphatic carbocycles. The smallest absolute Gasteiger partial charge is 0.191 e. The van der Waals surface area contributed by atoms with Crippen molar-refractivity contribution in [3.63, 3.8) is 0 Å². The van der Waals surface area contributed by atoms with Gasteiger partial charge < -0.3 is 18.9 Å². The molecule has 45 heavy (non-hydrogen) atoms. The first kappa shape index (κ1) is 45.3. The number of hydrogen-bond acceptors (Lipinski definition) is 4. The van der Waals surface area contributed by atoms with Crippen LogP contribution >= 0.6 is 0 Å². The zero-order chi connectivity index (χ0) is 34.5. The summed E-state index contributed by atoms with van der Waals surface area (Å²) in [6.45, 7) is 33.4. The first-order valence-corrected chi connectivity index (χ1v) is 25.4. The maximum absolute atomic E-state index is 11.8. The summed E-state index contributed by atoms with van der Waals surface area (Å²) in [4.78, 5) is 2.62. The first-order chi connectivity index (χ1) is 20.9. The van der Waals surface area contributed by atoms with Gasteiger partial charge in [0.15, 0.2) is 16.6 Å². The van der Waals surface area contributed by atoms with Gasteiger partial charge in [-0.05, 0) is 114 Å². The van der Waals surface area contributed by atoms with E-state index < -0.39 is 22.2 Å². The van der Waals surface area contributed by atoms with Gasteiger partial charge in [-0.1, -0.05) is 120 Å². The van der Waals surface area contributed by atoms with Crippen LogP contribution < -0.4 is 0 Å². The fraction of sp³-hybridized carbons (Fsp3) is 1.00. The highest BCUT2D eigenvalue weighted by Crippen LogP contribution is 2.37. The molecule has 6 heteroatoms. The summed E-state index contributed by atoms with van der Waals surface area (Å²) >= 11 is 0. The predicted molar refractivity (Wildman–Crippen MR) is 207 cm³/mol. The van der Waals surface area contributed by atoms with Crippen LogP contribution in [-0.4, -0.2) is 65.1 Å². The Labute approximate surface area is 286 Å². The van der Waals surface area contributed by atoms with Gasteiger partial charge in [-0.25, -0.2) is 0 Å². The Balaban J connectivity index is 4.46. The van der Waals surface area contributed by atoms with E-state index in [4.69, 9.17) is 8.85 Å². The number of unbranched alkanes of at least 4 members (excludes halogenated alkanes) is 11. The van der Waals surface area contributed by atoms with Crippen LogP contribution in [0.2, 0.25) is 36.3 Å². The van der Waals surface area contributed by atoms with Crippen molar-refractivity contribution in [2.45, 2.75) is 219 Å². The van der Waals surface area contributed by atoms with Gasteiger partial charge in [-0.3, -0.25) is 0 Å². The lowest BCUT2D eigenvalue weighted by Crippen LogP contribution is -2.40. The molecule has 0 aromatic heterocycles. The molecule has 0 aromatic rings. The van der Waals surface area contributed by atoms with Crippen LogP contribution in [0.4, 0.5) is 0 Å².